The summed E-state index contributed by atoms with van der Waals surface area (Å²) < 4.78 is 2.33. The van der Waals surface area contributed by atoms with E-state index in [1.165, 1.54) is 22.4 Å². The molecule has 0 radical (unpaired) electrons. The van der Waals surface area contributed by atoms with Crippen LogP contribution >= 0.6 is 11.3 Å². The molecule has 0 saturated heterocycles. The minimum absolute atomic E-state index is 0.984. The van der Waals surface area contributed by atoms with E-state index in [4.69, 9.17) is 4.99 Å². The first kappa shape index (κ1) is 15.8. The predicted octanol–water partition coefficient (Wildman–Crippen LogP) is 5.48. The van der Waals surface area contributed by atoms with Gasteiger partial charge in [-0.3, -0.25) is 0 Å². The lowest BCUT2D eigenvalue weighted by Gasteiger charge is -2.08. The van der Waals surface area contributed by atoms with E-state index in [1.807, 2.05) is 0 Å². The Morgan fingerprint density at radius 3 is 2.13 bits per heavy atom. The zero-order valence-electron chi connectivity index (χ0n) is 13.9. The molecule has 0 unspecified atom stereocenters. The smallest absolute Gasteiger partial charge is 0.190 e. The minimum atomic E-state index is 0.984. The number of aromatic nitrogens is 1. The fraction of sp³-hybridized carbons (Fsp3) is 0.250. The third-order valence-electron chi connectivity index (χ3n) is 3.85. The van der Waals surface area contributed by atoms with Gasteiger partial charge in [-0.25, -0.2) is 4.99 Å². The SMILES string of the molecule is CCCn1c(-c2ccc(C)cc2)csc1=Nc1ccc(C)cc1. The molecular formula is C20H22N2S. The van der Waals surface area contributed by atoms with Gasteiger partial charge in [0.15, 0.2) is 4.80 Å². The van der Waals surface area contributed by atoms with Crippen molar-refractivity contribution in [3.8, 4) is 11.3 Å². The van der Waals surface area contributed by atoms with Crippen molar-refractivity contribution in [3.05, 3.63) is 69.8 Å². The third-order valence-corrected chi connectivity index (χ3v) is 4.71. The Morgan fingerprint density at radius 2 is 1.52 bits per heavy atom. The molecule has 3 aromatic rings. The Morgan fingerprint density at radius 1 is 0.913 bits per heavy atom. The van der Waals surface area contributed by atoms with Crippen molar-refractivity contribution >= 4 is 17.0 Å². The molecule has 1 heterocycles. The molecule has 3 heteroatoms. The molecule has 0 atom stereocenters. The summed E-state index contributed by atoms with van der Waals surface area (Å²) in [5.74, 6) is 0. The Balaban J connectivity index is 2.08. The lowest BCUT2D eigenvalue weighted by atomic mass is 10.1. The van der Waals surface area contributed by atoms with Gasteiger partial charge in [0.25, 0.3) is 0 Å². The molecule has 0 bridgehead atoms. The van der Waals surface area contributed by atoms with E-state index in [9.17, 15) is 0 Å². The van der Waals surface area contributed by atoms with Crippen LogP contribution in [-0.4, -0.2) is 4.57 Å². The summed E-state index contributed by atoms with van der Waals surface area (Å²) in [5, 5.41) is 2.22. The maximum atomic E-state index is 4.85. The standard InChI is InChI=1S/C20H22N2S/c1-4-13-22-19(17-9-5-15(2)6-10-17)14-23-20(22)21-18-11-7-16(3)8-12-18/h5-12,14H,4,13H2,1-3H3. The van der Waals surface area contributed by atoms with Crippen molar-refractivity contribution in [2.45, 2.75) is 33.7 Å². The molecule has 0 spiro atoms. The summed E-state index contributed by atoms with van der Waals surface area (Å²) in [5.41, 5.74) is 6.07. The van der Waals surface area contributed by atoms with Crippen LogP contribution in [0.15, 0.2) is 58.9 Å². The monoisotopic (exact) mass is 322 g/mol. The second-order valence-corrected chi connectivity index (χ2v) is 6.71. The van der Waals surface area contributed by atoms with Gasteiger partial charge in [0.1, 0.15) is 0 Å². The van der Waals surface area contributed by atoms with Crippen LogP contribution in [0.4, 0.5) is 5.69 Å². The zero-order valence-corrected chi connectivity index (χ0v) is 14.7. The summed E-state index contributed by atoms with van der Waals surface area (Å²) >= 11 is 1.71. The average molecular weight is 322 g/mol. The Kier molecular flexibility index (Phi) is 4.77. The number of thiazole rings is 1. The first-order valence-electron chi connectivity index (χ1n) is 8.04. The molecule has 3 rings (SSSR count). The molecule has 0 fully saturated rings. The van der Waals surface area contributed by atoms with E-state index in [1.54, 1.807) is 11.3 Å². The highest BCUT2D eigenvalue weighted by atomic mass is 32.1. The fourth-order valence-corrected chi connectivity index (χ4v) is 3.50. The second-order valence-electron chi connectivity index (χ2n) is 5.87. The molecular weight excluding hydrogens is 300 g/mol. The molecule has 0 saturated carbocycles. The van der Waals surface area contributed by atoms with Gasteiger partial charge in [0.05, 0.1) is 11.4 Å². The molecule has 2 nitrogen and oxygen atoms in total. The van der Waals surface area contributed by atoms with E-state index in [0.717, 1.165) is 23.5 Å². The van der Waals surface area contributed by atoms with E-state index < -0.39 is 0 Å². The normalized spacial score (nSPS) is 11.9. The quantitative estimate of drug-likeness (QED) is 0.605. The molecule has 23 heavy (non-hydrogen) atoms. The Hall–Kier alpha value is -2.13. The molecule has 0 N–H and O–H groups in total. The van der Waals surface area contributed by atoms with Crippen LogP contribution in [0.25, 0.3) is 11.3 Å². The Bertz CT molecular complexity index is 837. The van der Waals surface area contributed by atoms with Crippen LogP contribution < -0.4 is 4.80 Å². The van der Waals surface area contributed by atoms with Crippen molar-refractivity contribution in [1.82, 2.24) is 4.57 Å². The number of nitrogens with zero attached hydrogens (tertiary/aromatic N) is 2. The van der Waals surface area contributed by atoms with Gasteiger partial charge in [0.2, 0.25) is 0 Å². The van der Waals surface area contributed by atoms with Crippen LogP contribution in [-0.2, 0) is 6.54 Å². The minimum Gasteiger partial charge on any atom is -0.316 e. The van der Waals surface area contributed by atoms with Crippen molar-refractivity contribution in [2.24, 2.45) is 4.99 Å². The van der Waals surface area contributed by atoms with Gasteiger partial charge in [-0.1, -0.05) is 54.4 Å². The van der Waals surface area contributed by atoms with Crippen LogP contribution in [0.2, 0.25) is 0 Å². The fourth-order valence-electron chi connectivity index (χ4n) is 2.54. The van der Waals surface area contributed by atoms with Crippen molar-refractivity contribution in [2.75, 3.05) is 0 Å². The third kappa shape index (κ3) is 3.62. The van der Waals surface area contributed by atoms with Crippen LogP contribution in [0.5, 0.6) is 0 Å². The summed E-state index contributed by atoms with van der Waals surface area (Å²) in [4.78, 5) is 5.91. The van der Waals surface area contributed by atoms with Gasteiger partial charge in [-0.2, -0.15) is 0 Å². The molecule has 1 aromatic heterocycles. The highest BCUT2D eigenvalue weighted by molar-refractivity contribution is 7.07. The van der Waals surface area contributed by atoms with Crippen LogP contribution in [0, 0.1) is 13.8 Å². The largest absolute Gasteiger partial charge is 0.316 e. The second kappa shape index (κ2) is 6.97. The van der Waals surface area contributed by atoms with E-state index in [0.29, 0.717) is 0 Å². The Labute approximate surface area is 141 Å². The molecule has 0 amide bonds. The van der Waals surface area contributed by atoms with Crippen molar-refractivity contribution in [1.29, 1.82) is 0 Å². The van der Waals surface area contributed by atoms with Gasteiger partial charge in [-0.05, 0) is 38.0 Å². The molecule has 2 aromatic carbocycles. The predicted molar refractivity (Wildman–Crippen MR) is 99.2 cm³/mol. The maximum absolute atomic E-state index is 4.85. The first-order valence-corrected chi connectivity index (χ1v) is 8.92. The van der Waals surface area contributed by atoms with E-state index >= 15 is 0 Å². The summed E-state index contributed by atoms with van der Waals surface area (Å²) in [6, 6.07) is 17.1. The topological polar surface area (TPSA) is 17.3 Å². The maximum Gasteiger partial charge on any atom is 0.190 e. The number of hydrogen-bond donors (Lipinski definition) is 0. The average Bonchev–Trinajstić information content (AvgIpc) is 2.94. The summed E-state index contributed by atoms with van der Waals surface area (Å²) in [7, 11) is 0. The van der Waals surface area contributed by atoms with Crippen LogP contribution in [0.3, 0.4) is 0 Å². The number of aryl methyl sites for hydroxylation is 2. The summed E-state index contributed by atoms with van der Waals surface area (Å²) in [6.45, 7) is 7.41. The number of hydrogen-bond acceptors (Lipinski definition) is 2. The van der Waals surface area contributed by atoms with Crippen molar-refractivity contribution in [3.63, 3.8) is 0 Å². The molecule has 118 valence electrons. The van der Waals surface area contributed by atoms with Gasteiger partial charge in [-0.15, -0.1) is 11.3 Å². The molecule has 0 aliphatic rings. The zero-order chi connectivity index (χ0) is 16.2. The number of rotatable bonds is 4. The van der Waals surface area contributed by atoms with Gasteiger partial charge >= 0.3 is 0 Å². The van der Waals surface area contributed by atoms with Gasteiger partial charge < -0.3 is 4.57 Å². The van der Waals surface area contributed by atoms with E-state index in [2.05, 4.69) is 79.2 Å². The van der Waals surface area contributed by atoms with Crippen LogP contribution in [0.1, 0.15) is 24.5 Å². The number of benzene rings is 2. The first-order chi connectivity index (χ1) is 11.2. The highest BCUT2D eigenvalue weighted by Gasteiger charge is 2.07. The van der Waals surface area contributed by atoms with E-state index in [-0.39, 0.29) is 0 Å². The highest BCUT2D eigenvalue weighted by Crippen LogP contribution is 2.22. The van der Waals surface area contributed by atoms with Crippen molar-refractivity contribution < 1.29 is 0 Å². The molecule has 0 aliphatic heterocycles. The lowest BCUT2D eigenvalue weighted by Crippen LogP contribution is -2.15. The lowest BCUT2D eigenvalue weighted by molar-refractivity contribution is 0.667. The summed E-state index contributed by atoms with van der Waals surface area (Å²) in [6.07, 6.45) is 1.09. The molecule has 0 aliphatic carbocycles. The van der Waals surface area contributed by atoms with Gasteiger partial charge in [0, 0.05) is 11.9 Å².